The van der Waals surface area contributed by atoms with Gasteiger partial charge in [-0.2, -0.15) is 5.26 Å². The number of nitrogens with one attached hydrogen (secondary N) is 1. The molecule has 3 aromatic rings. The maximum absolute atomic E-state index is 9.39. The van der Waals surface area contributed by atoms with Crippen molar-refractivity contribution in [3.05, 3.63) is 47.4 Å². The fourth-order valence-corrected chi connectivity index (χ4v) is 3.49. The van der Waals surface area contributed by atoms with Crippen LogP contribution in [0.2, 0.25) is 5.02 Å². The zero-order valence-corrected chi connectivity index (χ0v) is 14.5. The zero-order valence-electron chi connectivity index (χ0n) is 13.7. The molecule has 2 heterocycles. The highest BCUT2D eigenvalue weighted by Crippen LogP contribution is 2.27. The van der Waals surface area contributed by atoms with Crippen molar-refractivity contribution in [2.75, 3.05) is 5.32 Å². The Hall–Kier alpha value is -2.58. The predicted molar refractivity (Wildman–Crippen MR) is 98.6 cm³/mol. The van der Waals surface area contributed by atoms with Crippen LogP contribution in [0.4, 0.5) is 5.82 Å². The van der Waals surface area contributed by atoms with Crippen LogP contribution < -0.4 is 5.32 Å². The average Bonchev–Trinajstić information content (AvgIpc) is 3.09. The van der Waals surface area contributed by atoms with E-state index < -0.39 is 0 Å². The van der Waals surface area contributed by atoms with Gasteiger partial charge in [0, 0.05) is 22.8 Å². The van der Waals surface area contributed by atoms with Gasteiger partial charge < -0.3 is 5.32 Å². The van der Waals surface area contributed by atoms with E-state index in [2.05, 4.69) is 16.4 Å². The lowest BCUT2D eigenvalue weighted by Crippen LogP contribution is -2.23. The number of benzene rings is 1. The Morgan fingerprint density at radius 2 is 1.92 bits per heavy atom. The van der Waals surface area contributed by atoms with Crippen molar-refractivity contribution in [1.82, 2.24) is 14.4 Å². The van der Waals surface area contributed by atoms with E-state index in [4.69, 9.17) is 16.6 Å². The molecule has 1 aromatic carbocycles. The van der Waals surface area contributed by atoms with Crippen LogP contribution in [-0.2, 0) is 0 Å². The molecule has 2 aromatic heterocycles. The van der Waals surface area contributed by atoms with E-state index >= 15 is 0 Å². The number of hydrogen-bond acceptors (Lipinski definition) is 4. The lowest BCUT2D eigenvalue weighted by atomic mass is 9.95. The highest BCUT2D eigenvalue weighted by Gasteiger charge is 2.18. The average molecular weight is 352 g/mol. The molecule has 1 fully saturated rings. The highest BCUT2D eigenvalue weighted by molar-refractivity contribution is 6.30. The molecule has 6 heteroatoms. The molecule has 0 spiro atoms. The summed E-state index contributed by atoms with van der Waals surface area (Å²) >= 11 is 5.97. The van der Waals surface area contributed by atoms with E-state index in [1.54, 1.807) is 6.20 Å². The van der Waals surface area contributed by atoms with E-state index in [-0.39, 0.29) is 0 Å². The molecule has 0 bridgehead atoms. The fraction of sp³-hybridized carbons (Fsp3) is 0.316. The second kappa shape index (κ2) is 6.73. The van der Waals surface area contributed by atoms with Gasteiger partial charge in [-0.1, -0.05) is 43.0 Å². The molecule has 1 aliphatic rings. The second-order valence-electron chi connectivity index (χ2n) is 6.41. The molecule has 0 atom stereocenters. The minimum absolute atomic E-state index is 0.425. The van der Waals surface area contributed by atoms with E-state index in [9.17, 15) is 5.26 Å². The number of anilines is 1. The summed E-state index contributed by atoms with van der Waals surface area (Å²) < 4.78 is 1.81. The number of aromatic nitrogens is 3. The van der Waals surface area contributed by atoms with E-state index in [1.165, 1.54) is 19.3 Å². The summed E-state index contributed by atoms with van der Waals surface area (Å²) in [6, 6.07) is 10.1. The molecule has 5 nitrogen and oxygen atoms in total. The Labute approximate surface area is 151 Å². The summed E-state index contributed by atoms with van der Waals surface area (Å²) in [4.78, 5) is 9.19. The standard InChI is InChI=1S/C19H18ClN5/c20-14-8-6-13(7-9-14)17-12-25-16(10-21)11-22-18(19(25)24-17)23-15-4-2-1-3-5-15/h6-9,11-12,15H,1-5H2,(H,22,23). The summed E-state index contributed by atoms with van der Waals surface area (Å²) in [5, 5.41) is 13.6. The lowest BCUT2D eigenvalue weighted by Gasteiger charge is -2.23. The first-order chi connectivity index (χ1) is 12.2. The minimum atomic E-state index is 0.425. The topological polar surface area (TPSA) is 66.0 Å². The molecule has 1 saturated carbocycles. The van der Waals surface area contributed by atoms with Crippen molar-refractivity contribution < 1.29 is 0 Å². The zero-order chi connectivity index (χ0) is 17.2. The smallest absolute Gasteiger partial charge is 0.181 e. The monoisotopic (exact) mass is 351 g/mol. The fourth-order valence-electron chi connectivity index (χ4n) is 3.36. The van der Waals surface area contributed by atoms with Crippen molar-refractivity contribution in [3.63, 3.8) is 0 Å². The summed E-state index contributed by atoms with van der Waals surface area (Å²) in [6.45, 7) is 0. The minimum Gasteiger partial charge on any atom is -0.364 e. The van der Waals surface area contributed by atoms with Gasteiger partial charge in [0.2, 0.25) is 0 Å². The summed E-state index contributed by atoms with van der Waals surface area (Å²) in [7, 11) is 0. The SMILES string of the molecule is N#Cc1cnc(NC2CCCCC2)c2nc(-c3ccc(Cl)cc3)cn12. The Balaban J connectivity index is 1.76. The first-order valence-electron chi connectivity index (χ1n) is 8.55. The lowest BCUT2D eigenvalue weighted by molar-refractivity contribution is 0.462. The van der Waals surface area contributed by atoms with Crippen LogP contribution in [0.1, 0.15) is 37.8 Å². The van der Waals surface area contributed by atoms with Crippen molar-refractivity contribution in [1.29, 1.82) is 5.26 Å². The highest BCUT2D eigenvalue weighted by atomic mass is 35.5. The Kier molecular flexibility index (Phi) is 4.29. The van der Waals surface area contributed by atoms with Crippen LogP contribution >= 0.6 is 11.6 Å². The predicted octanol–water partition coefficient (Wildman–Crippen LogP) is 4.67. The Morgan fingerprint density at radius 3 is 2.64 bits per heavy atom. The Bertz CT molecular complexity index is 933. The molecule has 25 heavy (non-hydrogen) atoms. The van der Waals surface area contributed by atoms with E-state index in [1.807, 2.05) is 34.9 Å². The molecular weight excluding hydrogens is 334 g/mol. The largest absolute Gasteiger partial charge is 0.364 e. The quantitative estimate of drug-likeness (QED) is 0.744. The number of fused-ring (bicyclic) bond motifs is 1. The van der Waals surface area contributed by atoms with Crippen LogP contribution in [0.5, 0.6) is 0 Å². The van der Waals surface area contributed by atoms with Crippen LogP contribution in [0.15, 0.2) is 36.7 Å². The summed E-state index contributed by atoms with van der Waals surface area (Å²) in [5.74, 6) is 0.742. The van der Waals surface area contributed by atoms with Gasteiger partial charge in [0.1, 0.15) is 11.8 Å². The number of nitrogens with zero attached hydrogens (tertiary/aromatic N) is 4. The number of hydrogen-bond donors (Lipinski definition) is 1. The number of rotatable bonds is 3. The van der Waals surface area contributed by atoms with Crippen LogP contribution in [0.3, 0.4) is 0 Å². The summed E-state index contributed by atoms with van der Waals surface area (Å²) in [5.41, 5.74) is 2.92. The molecule has 0 aliphatic heterocycles. The number of halogens is 1. The first-order valence-corrected chi connectivity index (χ1v) is 8.93. The van der Waals surface area contributed by atoms with Crippen LogP contribution in [0, 0.1) is 11.3 Å². The van der Waals surface area contributed by atoms with Gasteiger partial charge in [-0.15, -0.1) is 0 Å². The van der Waals surface area contributed by atoms with Crippen LogP contribution in [-0.4, -0.2) is 20.4 Å². The Morgan fingerprint density at radius 1 is 1.16 bits per heavy atom. The molecule has 0 unspecified atom stereocenters. The molecule has 1 aliphatic carbocycles. The summed E-state index contributed by atoms with van der Waals surface area (Å²) in [6.07, 6.45) is 9.58. The van der Waals surface area contributed by atoms with E-state index in [0.29, 0.717) is 22.4 Å². The molecule has 1 N–H and O–H groups in total. The first kappa shape index (κ1) is 15.9. The molecule has 0 saturated heterocycles. The van der Waals surface area contributed by atoms with Gasteiger partial charge in [-0.25, -0.2) is 9.97 Å². The van der Waals surface area contributed by atoms with E-state index in [0.717, 1.165) is 29.9 Å². The van der Waals surface area contributed by atoms with Gasteiger partial charge in [-0.3, -0.25) is 4.40 Å². The van der Waals surface area contributed by atoms with Gasteiger partial charge in [0.15, 0.2) is 11.5 Å². The number of nitriles is 1. The number of imidazole rings is 1. The second-order valence-corrected chi connectivity index (χ2v) is 6.85. The van der Waals surface area contributed by atoms with Crippen molar-refractivity contribution in [2.24, 2.45) is 0 Å². The molecule has 126 valence electrons. The van der Waals surface area contributed by atoms with Gasteiger partial charge in [0.25, 0.3) is 0 Å². The molecular formula is C19H18ClN5. The van der Waals surface area contributed by atoms with Gasteiger partial charge >= 0.3 is 0 Å². The molecule has 0 radical (unpaired) electrons. The third kappa shape index (κ3) is 3.18. The van der Waals surface area contributed by atoms with Crippen LogP contribution in [0.25, 0.3) is 16.9 Å². The van der Waals surface area contributed by atoms with Gasteiger partial charge in [0.05, 0.1) is 11.9 Å². The maximum atomic E-state index is 9.39. The third-order valence-corrected chi connectivity index (χ3v) is 4.95. The van der Waals surface area contributed by atoms with Crippen molar-refractivity contribution in [3.8, 4) is 17.3 Å². The molecule has 4 rings (SSSR count). The van der Waals surface area contributed by atoms with Crippen molar-refractivity contribution in [2.45, 2.75) is 38.1 Å². The van der Waals surface area contributed by atoms with Crippen molar-refractivity contribution >= 4 is 23.1 Å². The molecule has 0 amide bonds. The maximum Gasteiger partial charge on any atom is 0.181 e. The normalized spacial score (nSPS) is 15.2. The third-order valence-electron chi connectivity index (χ3n) is 4.69. The van der Waals surface area contributed by atoms with Gasteiger partial charge in [-0.05, 0) is 25.0 Å².